The van der Waals surface area contributed by atoms with Gasteiger partial charge in [0, 0.05) is 22.6 Å². The van der Waals surface area contributed by atoms with Gasteiger partial charge in [-0.3, -0.25) is 10.1 Å². The summed E-state index contributed by atoms with van der Waals surface area (Å²) in [7, 11) is 0. The van der Waals surface area contributed by atoms with Crippen LogP contribution in [-0.2, 0) is 6.54 Å². The average molecular weight is 341 g/mol. The van der Waals surface area contributed by atoms with Gasteiger partial charge in [0.25, 0.3) is 5.69 Å². The molecule has 0 atom stereocenters. The van der Waals surface area contributed by atoms with Gasteiger partial charge in [0.05, 0.1) is 4.92 Å². The zero-order valence-electron chi connectivity index (χ0n) is 10.1. The van der Waals surface area contributed by atoms with Gasteiger partial charge in [0.2, 0.25) is 0 Å². The first kappa shape index (κ1) is 14.3. The molecular weight excluding hydrogens is 331 g/mol. The fourth-order valence-electron chi connectivity index (χ4n) is 1.70. The minimum Gasteiger partial charge on any atom is -0.505 e. The van der Waals surface area contributed by atoms with Crippen molar-refractivity contribution in [3.05, 3.63) is 62.4 Å². The predicted octanol–water partition coefficient (Wildman–Crippen LogP) is 3.81. The number of anilines is 1. The second kappa shape index (κ2) is 5.87. The van der Waals surface area contributed by atoms with Crippen molar-refractivity contribution < 1.29 is 14.4 Å². The van der Waals surface area contributed by atoms with Crippen LogP contribution in [-0.4, -0.2) is 10.0 Å². The van der Waals surface area contributed by atoms with E-state index in [1.165, 1.54) is 18.2 Å². The Morgan fingerprint density at radius 2 is 2.10 bits per heavy atom. The molecule has 0 unspecified atom stereocenters. The van der Waals surface area contributed by atoms with E-state index in [1.54, 1.807) is 12.1 Å². The summed E-state index contributed by atoms with van der Waals surface area (Å²) in [6, 6.07) is 8.70. The monoisotopic (exact) mass is 340 g/mol. The maximum atomic E-state index is 13.2. The highest BCUT2D eigenvalue weighted by molar-refractivity contribution is 9.10. The van der Waals surface area contributed by atoms with Gasteiger partial charge in [-0.25, -0.2) is 4.39 Å². The Balaban J connectivity index is 2.23. The molecule has 0 radical (unpaired) electrons. The summed E-state index contributed by atoms with van der Waals surface area (Å²) in [4.78, 5) is 10.4. The first-order valence-electron chi connectivity index (χ1n) is 5.63. The second-order valence-corrected chi connectivity index (χ2v) is 4.94. The summed E-state index contributed by atoms with van der Waals surface area (Å²) < 4.78 is 13.8. The van der Waals surface area contributed by atoms with Crippen LogP contribution in [0.2, 0.25) is 0 Å². The van der Waals surface area contributed by atoms with Gasteiger partial charge in [0.1, 0.15) is 5.69 Å². The maximum Gasteiger partial charge on any atom is 0.293 e. The van der Waals surface area contributed by atoms with Crippen LogP contribution in [0.5, 0.6) is 5.75 Å². The molecule has 2 N–H and O–H groups in total. The third-order valence-corrected chi connectivity index (χ3v) is 3.19. The van der Waals surface area contributed by atoms with Crippen LogP contribution in [0.1, 0.15) is 5.56 Å². The summed E-state index contributed by atoms with van der Waals surface area (Å²) in [5, 5.41) is 23.3. The number of halogens is 2. The fraction of sp³-hybridized carbons (Fsp3) is 0.0769. The van der Waals surface area contributed by atoms with Gasteiger partial charge in [0.15, 0.2) is 11.6 Å². The number of nitrogens with one attached hydrogen (secondary N) is 1. The molecule has 2 aromatic rings. The number of benzene rings is 2. The number of aromatic hydroxyl groups is 1. The van der Waals surface area contributed by atoms with Gasteiger partial charge in [-0.2, -0.15) is 0 Å². The van der Waals surface area contributed by atoms with Gasteiger partial charge < -0.3 is 10.4 Å². The molecule has 0 saturated carbocycles. The Morgan fingerprint density at radius 3 is 2.80 bits per heavy atom. The van der Waals surface area contributed by atoms with Crippen molar-refractivity contribution in [2.75, 3.05) is 5.32 Å². The SMILES string of the molecule is O=[N+]([O-])c1cc(Br)ccc1NCc1cccc(F)c1O. The molecule has 5 nitrogen and oxygen atoms in total. The molecule has 0 amide bonds. The molecule has 0 bridgehead atoms. The van der Waals surface area contributed by atoms with Crippen molar-refractivity contribution >= 4 is 27.3 Å². The lowest BCUT2D eigenvalue weighted by molar-refractivity contribution is -0.384. The lowest BCUT2D eigenvalue weighted by Gasteiger charge is -2.09. The molecule has 104 valence electrons. The van der Waals surface area contributed by atoms with Crippen LogP contribution in [0.15, 0.2) is 40.9 Å². The molecule has 0 spiro atoms. The van der Waals surface area contributed by atoms with E-state index in [4.69, 9.17) is 0 Å². The zero-order valence-corrected chi connectivity index (χ0v) is 11.7. The minimum absolute atomic E-state index is 0.0755. The van der Waals surface area contributed by atoms with Gasteiger partial charge in [-0.15, -0.1) is 0 Å². The van der Waals surface area contributed by atoms with Crippen LogP contribution in [0.25, 0.3) is 0 Å². The van der Waals surface area contributed by atoms with E-state index in [2.05, 4.69) is 21.2 Å². The van der Waals surface area contributed by atoms with Crippen molar-refractivity contribution in [3.8, 4) is 5.75 Å². The van der Waals surface area contributed by atoms with E-state index >= 15 is 0 Å². The number of phenols is 1. The van der Waals surface area contributed by atoms with Crippen molar-refractivity contribution in [2.24, 2.45) is 0 Å². The molecule has 0 saturated heterocycles. The third-order valence-electron chi connectivity index (χ3n) is 2.70. The number of rotatable bonds is 4. The highest BCUT2D eigenvalue weighted by atomic mass is 79.9. The smallest absolute Gasteiger partial charge is 0.293 e. The highest BCUT2D eigenvalue weighted by Crippen LogP contribution is 2.29. The first-order valence-corrected chi connectivity index (χ1v) is 6.42. The quantitative estimate of drug-likeness (QED) is 0.655. The number of phenolic OH excluding ortho intramolecular Hbond substituents is 1. The largest absolute Gasteiger partial charge is 0.505 e. The van der Waals surface area contributed by atoms with Crippen molar-refractivity contribution in [2.45, 2.75) is 6.54 Å². The van der Waals surface area contributed by atoms with E-state index < -0.39 is 16.5 Å². The number of para-hydroxylation sites is 1. The number of hydrogen-bond donors (Lipinski definition) is 2. The van der Waals surface area contributed by atoms with Crippen LogP contribution in [0.4, 0.5) is 15.8 Å². The van der Waals surface area contributed by atoms with E-state index in [0.717, 1.165) is 6.07 Å². The van der Waals surface area contributed by atoms with Crippen molar-refractivity contribution in [1.29, 1.82) is 0 Å². The Kier molecular flexibility index (Phi) is 4.19. The molecule has 0 heterocycles. The summed E-state index contributed by atoms with van der Waals surface area (Å²) in [5.41, 5.74) is 0.513. The molecule has 7 heteroatoms. The van der Waals surface area contributed by atoms with Crippen molar-refractivity contribution in [1.82, 2.24) is 0 Å². The summed E-state index contributed by atoms with van der Waals surface area (Å²) in [6.45, 7) is 0.0755. The molecule has 0 fully saturated rings. The molecule has 2 rings (SSSR count). The Bertz CT molecular complexity index is 664. The van der Waals surface area contributed by atoms with Crippen LogP contribution >= 0.6 is 15.9 Å². The summed E-state index contributed by atoms with van der Waals surface area (Å²) in [5.74, 6) is -1.19. The van der Waals surface area contributed by atoms with Gasteiger partial charge >= 0.3 is 0 Å². The molecule has 0 aliphatic heterocycles. The topological polar surface area (TPSA) is 75.4 Å². The average Bonchev–Trinajstić information content (AvgIpc) is 2.41. The van der Waals surface area contributed by atoms with E-state index in [0.29, 0.717) is 15.7 Å². The number of hydrogen-bond acceptors (Lipinski definition) is 4. The first-order chi connectivity index (χ1) is 9.49. The van der Waals surface area contributed by atoms with E-state index in [9.17, 15) is 19.6 Å². The minimum atomic E-state index is -0.727. The van der Waals surface area contributed by atoms with E-state index in [-0.39, 0.29) is 12.2 Å². The van der Waals surface area contributed by atoms with Crippen LogP contribution < -0.4 is 5.32 Å². The fourth-order valence-corrected chi connectivity index (χ4v) is 2.05. The molecule has 2 aromatic carbocycles. The van der Waals surface area contributed by atoms with E-state index in [1.807, 2.05) is 0 Å². The zero-order chi connectivity index (χ0) is 14.7. The van der Waals surface area contributed by atoms with Crippen molar-refractivity contribution in [3.63, 3.8) is 0 Å². The third kappa shape index (κ3) is 3.05. The predicted molar refractivity (Wildman–Crippen MR) is 76.2 cm³/mol. The Hall–Kier alpha value is -2.15. The molecular formula is C13H10BrFN2O3. The molecule has 0 aromatic heterocycles. The normalized spacial score (nSPS) is 10.3. The highest BCUT2D eigenvalue weighted by Gasteiger charge is 2.14. The standard InChI is InChI=1S/C13H10BrFN2O3/c14-9-4-5-11(12(6-9)17(19)20)16-7-8-2-1-3-10(15)13(8)18/h1-6,16,18H,7H2. The van der Waals surface area contributed by atoms with Gasteiger partial charge in [-0.1, -0.05) is 28.1 Å². The Morgan fingerprint density at radius 1 is 1.35 bits per heavy atom. The number of nitro groups is 1. The number of nitrogens with zero attached hydrogens (tertiary/aromatic N) is 1. The number of nitro benzene ring substituents is 1. The Labute approximate surface area is 122 Å². The van der Waals surface area contributed by atoms with Crippen LogP contribution in [0, 0.1) is 15.9 Å². The summed E-state index contributed by atoms with van der Waals surface area (Å²) >= 11 is 3.16. The van der Waals surface area contributed by atoms with Crippen LogP contribution in [0.3, 0.4) is 0 Å². The molecule has 0 aliphatic carbocycles. The lowest BCUT2D eigenvalue weighted by Crippen LogP contribution is -2.03. The maximum absolute atomic E-state index is 13.2. The molecule has 0 aliphatic rings. The summed E-state index contributed by atoms with van der Waals surface area (Å²) in [6.07, 6.45) is 0. The van der Waals surface area contributed by atoms with Gasteiger partial charge in [-0.05, 0) is 18.2 Å². The second-order valence-electron chi connectivity index (χ2n) is 4.02. The lowest BCUT2D eigenvalue weighted by atomic mass is 10.2. The molecule has 20 heavy (non-hydrogen) atoms.